The minimum Gasteiger partial charge on any atom is -0.356 e. The van der Waals surface area contributed by atoms with Crippen molar-refractivity contribution in [3.63, 3.8) is 0 Å². The molecule has 1 aliphatic rings. The van der Waals surface area contributed by atoms with Crippen molar-refractivity contribution in [2.24, 2.45) is 5.92 Å². The van der Waals surface area contributed by atoms with Gasteiger partial charge in [0.15, 0.2) is 0 Å². The molecule has 1 atom stereocenters. The number of rotatable bonds is 7. The van der Waals surface area contributed by atoms with E-state index < -0.39 is 0 Å². The third kappa shape index (κ3) is 4.48. The van der Waals surface area contributed by atoms with Gasteiger partial charge in [0.25, 0.3) is 0 Å². The maximum Gasteiger partial charge on any atom is 0.227 e. The zero-order chi connectivity index (χ0) is 18.4. The minimum atomic E-state index is -0.311. The quantitative estimate of drug-likeness (QED) is 0.776. The Labute approximate surface area is 153 Å². The van der Waals surface area contributed by atoms with E-state index in [1.54, 1.807) is 17.0 Å². The molecule has 136 valence electrons. The number of unbranched alkanes of at least 4 members (excludes halogenated alkanes) is 1. The average Bonchev–Trinajstić information content (AvgIpc) is 3.05. The van der Waals surface area contributed by atoms with Gasteiger partial charge in [-0.1, -0.05) is 36.4 Å². The second-order valence-corrected chi connectivity index (χ2v) is 6.58. The maximum absolute atomic E-state index is 13.5. The molecule has 0 spiro atoms. The number of amides is 2. The highest BCUT2D eigenvalue weighted by atomic mass is 19.1. The van der Waals surface area contributed by atoms with Gasteiger partial charge in [0.1, 0.15) is 5.82 Å². The lowest BCUT2D eigenvalue weighted by molar-refractivity contribution is -0.126. The predicted molar refractivity (Wildman–Crippen MR) is 99.2 cm³/mol. The Hall–Kier alpha value is -2.69. The van der Waals surface area contributed by atoms with Gasteiger partial charge in [-0.3, -0.25) is 9.59 Å². The van der Waals surface area contributed by atoms with Crippen molar-refractivity contribution < 1.29 is 14.0 Å². The fourth-order valence-electron chi connectivity index (χ4n) is 3.24. The minimum absolute atomic E-state index is 0.0177. The molecule has 4 nitrogen and oxygen atoms in total. The predicted octanol–water partition coefficient (Wildman–Crippen LogP) is 3.32. The largest absolute Gasteiger partial charge is 0.356 e. The molecule has 2 aromatic rings. The summed E-state index contributed by atoms with van der Waals surface area (Å²) < 4.78 is 13.5. The van der Waals surface area contributed by atoms with Gasteiger partial charge in [0.2, 0.25) is 11.8 Å². The first-order chi connectivity index (χ1) is 12.6. The van der Waals surface area contributed by atoms with Crippen molar-refractivity contribution >= 4 is 17.5 Å². The summed E-state index contributed by atoms with van der Waals surface area (Å²) >= 11 is 0. The van der Waals surface area contributed by atoms with Gasteiger partial charge in [-0.05, 0) is 43.0 Å². The van der Waals surface area contributed by atoms with Crippen LogP contribution in [0.2, 0.25) is 0 Å². The SMILES string of the molecule is O=C(NCCCCc1ccccc1F)C1CC(=O)N(c2ccccc2)C1. The molecule has 0 radical (unpaired) electrons. The van der Waals surface area contributed by atoms with Gasteiger partial charge < -0.3 is 10.2 Å². The van der Waals surface area contributed by atoms with E-state index in [-0.39, 0.29) is 30.0 Å². The summed E-state index contributed by atoms with van der Waals surface area (Å²) in [5.41, 5.74) is 1.54. The number of benzene rings is 2. The van der Waals surface area contributed by atoms with Crippen molar-refractivity contribution in [1.82, 2.24) is 5.32 Å². The lowest BCUT2D eigenvalue weighted by atomic mass is 10.1. The van der Waals surface area contributed by atoms with Gasteiger partial charge >= 0.3 is 0 Å². The third-order valence-corrected chi connectivity index (χ3v) is 4.69. The molecule has 0 bridgehead atoms. The Morgan fingerprint density at radius 2 is 1.81 bits per heavy atom. The van der Waals surface area contributed by atoms with Gasteiger partial charge in [-0.15, -0.1) is 0 Å². The van der Waals surface area contributed by atoms with Crippen LogP contribution in [0.1, 0.15) is 24.8 Å². The van der Waals surface area contributed by atoms with Crippen LogP contribution in [0.4, 0.5) is 10.1 Å². The molecule has 1 N–H and O–H groups in total. The number of carbonyl (C=O) groups is 2. The molecule has 5 heteroatoms. The fraction of sp³-hybridized carbons (Fsp3) is 0.333. The molecular formula is C21H23FN2O2. The molecule has 3 rings (SSSR count). The maximum atomic E-state index is 13.5. The number of hydrogen-bond donors (Lipinski definition) is 1. The molecule has 0 aromatic heterocycles. The third-order valence-electron chi connectivity index (χ3n) is 4.69. The Balaban J connectivity index is 1.40. The van der Waals surface area contributed by atoms with Crippen LogP contribution in [-0.2, 0) is 16.0 Å². The normalized spacial score (nSPS) is 16.7. The summed E-state index contributed by atoms with van der Waals surface area (Å²) in [5, 5.41) is 2.91. The molecule has 2 amide bonds. The van der Waals surface area contributed by atoms with Crippen molar-refractivity contribution in [1.29, 1.82) is 0 Å². The van der Waals surface area contributed by atoms with Crippen LogP contribution >= 0.6 is 0 Å². The van der Waals surface area contributed by atoms with E-state index in [4.69, 9.17) is 0 Å². The number of hydrogen-bond acceptors (Lipinski definition) is 2. The standard InChI is InChI=1S/C21H23FN2O2/c22-19-12-5-4-8-16(19)9-6-7-13-23-21(26)17-14-20(25)24(15-17)18-10-2-1-3-11-18/h1-5,8,10-12,17H,6-7,9,13-15H2,(H,23,26). The van der Waals surface area contributed by atoms with Crippen molar-refractivity contribution in [2.45, 2.75) is 25.7 Å². The molecule has 0 aliphatic carbocycles. The molecule has 1 fully saturated rings. The van der Waals surface area contributed by atoms with Gasteiger partial charge in [-0.25, -0.2) is 4.39 Å². The zero-order valence-corrected chi connectivity index (χ0v) is 14.7. The highest BCUT2D eigenvalue weighted by Gasteiger charge is 2.34. The van der Waals surface area contributed by atoms with Gasteiger partial charge in [0.05, 0.1) is 5.92 Å². The molecule has 26 heavy (non-hydrogen) atoms. The number of para-hydroxylation sites is 1. The number of halogens is 1. The summed E-state index contributed by atoms with van der Waals surface area (Å²) in [6, 6.07) is 16.2. The lowest BCUT2D eigenvalue weighted by Crippen LogP contribution is -2.33. The highest BCUT2D eigenvalue weighted by Crippen LogP contribution is 2.24. The number of nitrogens with zero attached hydrogens (tertiary/aromatic N) is 1. The van der Waals surface area contributed by atoms with E-state index in [1.165, 1.54) is 6.07 Å². The number of nitrogens with one attached hydrogen (secondary N) is 1. The Kier molecular flexibility index (Phi) is 6.00. The topological polar surface area (TPSA) is 49.4 Å². The van der Waals surface area contributed by atoms with E-state index in [0.717, 1.165) is 18.5 Å². The van der Waals surface area contributed by atoms with Crippen LogP contribution in [0, 0.1) is 11.7 Å². The van der Waals surface area contributed by atoms with E-state index in [9.17, 15) is 14.0 Å². The molecule has 1 saturated heterocycles. The number of carbonyl (C=O) groups excluding carboxylic acids is 2. The summed E-state index contributed by atoms with van der Waals surface area (Å²) in [4.78, 5) is 26.1. The second kappa shape index (κ2) is 8.61. The summed E-state index contributed by atoms with van der Waals surface area (Å²) in [6.07, 6.45) is 2.49. The first-order valence-corrected chi connectivity index (χ1v) is 9.01. The fourth-order valence-corrected chi connectivity index (χ4v) is 3.24. The number of aryl methyl sites for hydroxylation is 1. The summed E-state index contributed by atoms with van der Waals surface area (Å²) in [7, 11) is 0. The summed E-state index contributed by atoms with van der Waals surface area (Å²) in [6.45, 7) is 0.965. The van der Waals surface area contributed by atoms with Gasteiger partial charge in [0, 0.05) is 25.2 Å². The van der Waals surface area contributed by atoms with Crippen LogP contribution in [0.5, 0.6) is 0 Å². The lowest BCUT2D eigenvalue weighted by Gasteiger charge is -2.16. The van der Waals surface area contributed by atoms with Crippen molar-refractivity contribution in [3.8, 4) is 0 Å². The first-order valence-electron chi connectivity index (χ1n) is 9.01. The number of anilines is 1. The molecule has 2 aromatic carbocycles. The van der Waals surface area contributed by atoms with E-state index in [2.05, 4.69) is 5.32 Å². The average molecular weight is 354 g/mol. The Morgan fingerprint density at radius 3 is 2.58 bits per heavy atom. The van der Waals surface area contributed by atoms with Crippen LogP contribution in [0.3, 0.4) is 0 Å². The second-order valence-electron chi connectivity index (χ2n) is 6.58. The monoisotopic (exact) mass is 354 g/mol. The van der Waals surface area contributed by atoms with Crippen molar-refractivity contribution in [2.75, 3.05) is 18.0 Å². The van der Waals surface area contributed by atoms with Crippen molar-refractivity contribution in [3.05, 3.63) is 66.0 Å². The van der Waals surface area contributed by atoms with E-state index in [0.29, 0.717) is 25.1 Å². The van der Waals surface area contributed by atoms with E-state index in [1.807, 2.05) is 36.4 Å². The first kappa shape index (κ1) is 18.1. The molecule has 1 aliphatic heterocycles. The Morgan fingerprint density at radius 1 is 1.08 bits per heavy atom. The molecular weight excluding hydrogens is 331 g/mol. The molecule has 0 saturated carbocycles. The van der Waals surface area contributed by atoms with Crippen LogP contribution in [0.25, 0.3) is 0 Å². The molecule has 1 heterocycles. The zero-order valence-electron chi connectivity index (χ0n) is 14.7. The van der Waals surface area contributed by atoms with Crippen LogP contribution in [-0.4, -0.2) is 24.9 Å². The smallest absolute Gasteiger partial charge is 0.227 e. The van der Waals surface area contributed by atoms with Gasteiger partial charge in [-0.2, -0.15) is 0 Å². The summed E-state index contributed by atoms with van der Waals surface area (Å²) in [5.74, 6) is -0.588. The van der Waals surface area contributed by atoms with Crippen LogP contribution < -0.4 is 10.2 Å². The Bertz CT molecular complexity index is 764. The van der Waals surface area contributed by atoms with Crippen LogP contribution in [0.15, 0.2) is 54.6 Å². The van der Waals surface area contributed by atoms with E-state index >= 15 is 0 Å². The molecule has 1 unspecified atom stereocenters. The highest BCUT2D eigenvalue weighted by molar-refractivity contribution is 6.00.